The molecule has 208 valence electrons. The highest BCUT2D eigenvalue weighted by atomic mass is 32.2. The number of aliphatic hydroxyl groups excluding tert-OH is 1. The van der Waals surface area contributed by atoms with Crippen molar-refractivity contribution in [3.63, 3.8) is 0 Å². The van der Waals surface area contributed by atoms with Gasteiger partial charge in [0.2, 0.25) is 0 Å². The molecule has 0 bridgehead atoms. The van der Waals surface area contributed by atoms with Crippen molar-refractivity contribution >= 4 is 11.8 Å². The smallest absolute Gasteiger partial charge is 0.256 e. The molecule has 3 atom stereocenters. The lowest BCUT2D eigenvalue weighted by Gasteiger charge is -2.36. The molecule has 41 heavy (non-hydrogen) atoms. The third kappa shape index (κ3) is 6.45. The maximum atomic E-state index is 9.48. The quantitative estimate of drug-likeness (QED) is 0.182. The summed E-state index contributed by atoms with van der Waals surface area (Å²) < 4.78 is 19.3. The van der Waals surface area contributed by atoms with E-state index in [1.54, 1.807) is 11.8 Å². The zero-order valence-electron chi connectivity index (χ0n) is 22.6. The van der Waals surface area contributed by atoms with Gasteiger partial charge in [0.25, 0.3) is 5.22 Å². The minimum Gasteiger partial charge on any atom is -0.431 e. The zero-order chi connectivity index (χ0) is 28.0. The van der Waals surface area contributed by atoms with E-state index in [0.29, 0.717) is 23.9 Å². The van der Waals surface area contributed by atoms with Gasteiger partial charge in [0.1, 0.15) is 5.69 Å². The van der Waals surface area contributed by atoms with Crippen LogP contribution in [0, 0.1) is 0 Å². The van der Waals surface area contributed by atoms with Crippen molar-refractivity contribution in [2.75, 3.05) is 5.75 Å². The number of aromatic nitrogens is 1. The van der Waals surface area contributed by atoms with E-state index in [-0.39, 0.29) is 18.8 Å². The van der Waals surface area contributed by atoms with E-state index in [4.69, 9.17) is 24.6 Å². The van der Waals surface area contributed by atoms with Crippen molar-refractivity contribution in [1.29, 1.82) is 0 Å². The van der Waals surface area contributed by atoms with Crippen LogP contribution < -0.4 is 5.73 Å². The summed E-state index contributed by atoms with van der Waals surface area (Å²) in [6.07, 6.45) is -0.109. The third-order valence-electron chi connectivity index (χ3n) is 7.19. The van der Waals surface area contributed by atoms with Crippen molar-refractivity contribution in [2.45, 2.75) is 43.3 Å². The number of hydrogen-bond donors (Lipinski definition) is 2. The average Bonchev–Trinajstić information content (AvgIpc) is 3.49. The highest BCUT2D eigenvalue weighted by Crippen LogP contribution is 2.41. The van der Waals surface area contributed by atoms with Gasteiger partial charge in [-0.1, -0.05) is 121 Å². The summed E-state index contributed by atoms with van der Waals surface area (Å²) in [6, 6.07) is 36.1. The molecule has 0 aliphatic carbocycles. The van der Waals surface area contributed by atoms with E-state index >= 15 is 0 Å². The Morgan fingerprint density at radius 2 is 1.39 bits per heavy atom. The van der Waals surface area contributed by atoms with Gasteiger partial charge in [0.15, 0.2) is 12.1 Å². The van der Waals surface area contributed by atoms with Gasteiger partial charge < -0.3 is 24.7 Å². The lowest BCUT2D eigenvalue weighted by atomic mass is 10.0. The Kier molecular flexibility index (Phi) is 8.60. The van der Waals surface area contributed by atoms with Crippen LogP contribution in [-0.4, -0.2) is 21.9 Å². The molecule has 3 N–H and O–H groups in total. The van der Waals surface area contributed by atoms with Crippen LogP contribution in [0.2, 0.25) is 0 Å². The Bertz CT molecular complexity index is 1430. The third-order valence-corrected chi connectivity index (χ3v) is 8.15. The van der Waals surface area contributed by atoms with Crippen molar-refractivity contribution in [3.05, 3.63) is 131 Å². The Balaban J connectivity index is 1.25. The Hall–Kier alpha value is -3.72. The summed E-state index contributed by atoms with van der Waals surface area (Å²) in [4.78, 5) is 4.91. The summed E-state index contributed by atoms with van der Waals surface area (Å²) in [5, 5.41) is 10.1. The molecule has 7 heteroatoms. The fourth-order valence-corrected chi connectivity index (χ4v) is 5.78. The first kappa shape index (κ1) is 27.4. The molecule has 1 saturated heterocycles. The van der Waals surface area contributed by atoms with E-state index in [2.05, 4.69) is 0 Å². The number of ether oxygens (including phenoxy) is 2. The average molecular weight is 565 g/mol. The molecule has 1 aromatic heterocycles. The Labute approximate surface area is 244 Å². The summed E-state index contributed by atoms with van der Waals surface area (Å²) in [6.45, 7) is 0.494. The molecule has 1 aliphatic rings. The molecule has 1 fully saturated rings. The molecule has 6 rings (SSSR count). The first-order valence-electron chi connectivity index (χ1n) is 13.7. The normalized spacial score (nSPS) is 18.8. The van der Waals surface area contributed by atoms with Crippen molar-refractivity contribution in [3.8, 4) is 22.6 Å². The van der Waals surface area contributed by atoms with Gasteiger partial charge in [0, 0.05) is 35.4 Å². The van der Waals surface area contributed by atoms with Gasteiger partial charge in [-0.2, -0.15) is 0 Å². The summed E-state index contributed by atoms with van der Waals surface area (Å²) >= 11 is 1.55. The van der Waals surface area contributed by atoms with E-state index in [0.717, 1.165) is 44.8 Å². The highest BCUT2D eigenvalue weighted by molar-refractivity contribution is 7.99. The molecular formula is C34H32N2O4S. The topological polar surface area (TPSA) is 90.7 Å². The van der Waals surface area contributed by atoms with Crippen LogP contribution >= 0.6 is 11.8 Å². The van der Waals surface area contributed by atoms with Gasteiger partial charge in [-0.05, 0) is 16.7 Å². The summed E-state index contributed by atoms with van der Waals surface area (Å²) in [7, 11) is 0. The molecule has 0 spiro atoms. The number of oxazole rings is 1. The largest absolute Gasteiger partial charge is 0.431 e. The molecule has 0 radical (unpaired) electrons. The first-order chi connectivity index (χ1) is 20.2. The number of nitrogens with two attached hydrogens (primary N) is 1. The monoisotopic (exact) mass is 564 g/mol. The SMILES string of the molecule is NCc1ccc([C@@H]2O[C@@H](CSc3nc(-c4ccccc4)c(-c4ccccc4)o3)C[C@@H](c3ccc(CO)cc3)O2)cc1. The van der Waals surface area contributed by atoms with Gasteiger partial charge >= 0.3 is 0 Å². The van der Waals surface area contributed by atoms with Crippen LogP contribution in [0.1, 0.15) is 41.1 Å². The number of hydrogen-bond acceptors (Lipinski definition) is 7. The molecule has 0 amide bonds. The van der Waals surface area contributed by atoms with Gasteiger partial charge in [-0.3, -0.25) is 0 Å². The molecule has 2 heterocycles. The maximum absolute atomic E-state index is 9.48. The number of nitrogens with zero attached hydrogens (tertiary/aromatic N) is 1. The van der Waals surface area contributed by atoms with E-state index in [9.17, 15) is 5.11 Å². The van der Waals surface area contributed by atoms with Crippen LogP contribution in [0.3, 0.4) is 0 Å². The summed E-state index contributed by atoms with van der Waals surface area (Å²) in [5.74, 6) is 1.40. The van der Waals surface area contributed by atoms with Crippen molar-refractivity contribution in [1.82, 2.24) is 4.98 Å². The molecule has 1 aliphatic heterocycles. The zero-order valence-corrected chi connectivity index (χ0v) is 23.4. The maximum Gasteiger partial charge on any atom is 0.256 e. The van der Waals surface area contributed by atoms with Crippen LogP contribution in [0.15, 0.2) is 119 Å². The molecule has 5 aromatic rings. The molecule has 6 nitrogen and oxygen atoms in total. The van der Waals surface area contributed by atoms with Crippen molar-refractivity contribution < 1.29 is 19.0 Å². The fraction of sp³-hybridized carbons (Fsp3) is 0.206. The number of rotatable bonds is 9. The van der Waals surface area contributed by atoms with Crippen LogP contribution in [0.25, 0.3) is 22.6 Å². The van der Waals surface area contributed by atoms with Crippen LogP contribution in [0.5, 0.6) is 0 Å². The lowest BCUT2D eigenvalue weighted by Crippen LogP contribution is -2.31. The number of benzene rings is 4. The highest BCUT2D eigenvalue weighted by Gasteiger charge is 2.32. The van der Waals surface area contributed by atoms with Crippen LogP contribution in [-0.2, 0) is 22.6 Å². The lowest BCUT2D eigenvalue weighted by molar-refractivity contribution is -0.245. The fourth-order valence-electron chi connectivity index (χ4n) is 4.94. The van der Waals surface area contributed by atoms with Crippen molar-refractivity contribution in [2.24, 2.45) is 5.73 Å². The van der Waals surface area contributed by atoms with Gasteiger partial charge in [-0.25, -0.2) is 4.98 Å². The van der Waals surface area contributed by atoms with Gasteiger partial charge in [-0.15, -0.1) is 0 Å². The van der Waals surface area contributed by atoms with Crippen LogP contribution in [0.4, 0.5) is 0 Å². The predicted molar refractivity (Wildman–Crippen MR) is 161 cm³/mol. The molecule has 4 aromatic carbocycles. The standard InChI is InChI=1S/C34H32N2O4S/c35-20-23-11-17-28(18-12-23)33-38-29(19-30(39-33)25-15-13-24(21-37)14-16-25)22-41-34-36-31(26-7-3-1-4-8-26)32(40-34)27-9-5-2-6-10-27/h1-18,29-30,33,37H,19-22,35H2/t29-,30+,33-/m1/s1. The second kappa shape index (κ2) is 12.9. The second-order valence-electron chi connectivity index (χ2n) is 10.00. The minimum atomic E-state index is -0.520. The summed E-state index contributed by atoms with van der Waals surface area (Å²) in [5.41, 5.74) is 12.6. The predicted octanol–water partition coefficient (Wildman–Crippen LogP) is 7.30. The molecular weight excluding hydrogens is 532 g/mol. The Morgan fingerprint density at radius 3 is 2.05 bits per heavy atom. The molecule has 0 unspecified atom stereocenters. The first-order valence-corrected chi connectivity index (χ1v) is 14.7. The Morgan fingerprint density at radius 1 is 0.756 bits per heavy atom. The second-order valence-corrected chi connectivity index (χ2v) is 11.0. The van der Waals surface area contributed by atoms with E-state index < -0.39 is 6.29 Å². The minimum absolute atomic E-state index is 0.0103. The number of aliphatic hydroxyl groups is 1. The number of thioether (sulfide) groups is 1. The van der Waals surface area contributed by atoms with Gasteiger partial charge in [0.05, 0.1) is 18.8 Å². The van der Waals surface area contributed by atoms with E-state index in [1.807, 2.05) is 109 Å². The molecule has 0 saturated carbocycles. The van der Waals surface area contributed by atoms with E-state index in [1.165, 1.54) is 0 Å².